The predicted octanol–water partition coefficient (Wildman–Crippen LogP) is 4.76. The molecular formula is C25H22FNO5. The van der Waals surface area contributed by atoms with Crippen molar-refractivity contribution in [2.24, 2.45) is 0 Å². The first-order valence-corrected chi connectivity index (χ1v) is 9.72. The minimum atomic E-state index is -0.401. The lowest BCUT2D eigenvalue weighted by Gasteiger charge is -2.13. The first kappa shape index (κ1) is 22.6. The van der Waals surface area contributed by atoms with Crippen LogP contribution in [0.3, 0.4) is 0 Å². The van der Waals surface area contributed by atoms with Crippen LogP contribution in [0.5, 0.6) is 17.2 Å². The van der Waals surface area contributed by atoms with Crippen LogP contribution >= 0.6 is 0 Å². The Balaban J connectivity index is 1.62. The molecule has 0 saturated carbocycles. The lowest BCUT2D eigenvalue weighted by Crippen LogP contribution is -2.20. The number of anilines is 1. The van der Waals surface area contributed by atoms with Gasteiger partial charge in [-0.3, -0.25) is 9.59 Å². The molecule has 0 unspecified atom stereocenters. The van der Waals surface area contributed by atoms with Gasteiger partial charge in [-0.1, -0.05) is 24.3 Å². The number of rotatable bonds is 9. The van der Waals surface area contributed by atoms with Crippen molar-refractivity contribution in [3.8, 4) is 17.2 Å². The first-order valence-electron chi connectivity index (χ1n) is 9.72. The van der Waals surface area contributed by atoms with Gasteiger partial charge in [0.2, 0.25) is 0 Å². The van der Waals surface area contributed by atoms with Gasteiger partial charge in [0.15, 0.2) is 23.9 Å². The van der Waals surface area contributed by atoms with Gasteiger partial charge in [-0.25, -0.2) is 4.39 Å². The van der Waals surface area contributed by atoms with Crippen molar-refractivity contribution in [1.29, 1.82) is 0 Å². The maximum Gasteiger partial charge on any atom is 0.262 e. The highest BCUT2D eigenvalue weighted by Crippen LogP contribution is 2.29. The van der Waals surface area contributed by atoms with E-state index in [4.69, 9.17) is 14.2 Å². The number of benzene rings is 3. The van der Waals surface area contributed by atoms with Crippen LogP contribution in [0.25, 0.3) is 6.08 Å². The number of para-hydroxylation sites is 2. The summed E-state index contributed by atoms with van der Waals surface area (Å²) < 4.78 is 29.1. The summed E-state index contributed by atoms with van der Waals surface area (Å²) in [7, 11) is 3.00. The lowest BCUT2D eigenvalue weighted by molar-refractivity contribution is -0.118. The molecule has 0 spiro atoms. The number of hydrogen-bond donors (Lipinski definition) is 1. The number of carbonyl (C=O) groups is 2. The third-order valence-corrected chi connectivity index (χ3v) is 4.48. The molecule has 3 aromatic rings. The van der Waals surface area contributed by atoms with Crippen molar-refractivity contribution in [3.05, 3.63) is 89.8 Å². The number of ketones is 1. The van der Waals surface area contributed by atoms with E-state index in [0.29, 0.717) is 34.1 Å². The molecule has 3 aromatic carbocycles. The largest absolute Gasteiger partial charge is 0.495 e. The molecule has 0 radical (unpaired) electrons. The molecule has 0 saturated heterocycles. The zero-order valence-corrected chi connectivity index (χ0v) is 17.6. The number of allylic oxidation sites excluding steroid dienone is 1. The molecular weight excluding hydrogens is 413 g/mol. The second kappa shape index (κ2) is 10.8. The van der Waals surface area contributed by atoms with E-state index in [2.05, 4.69) is 5.32 Å². The van der Waals surface area contributed by atoms with Gasteiger partial charge in [-0.2, -0.15) is 0 Å². The Hall–Kier alpha value is -4.13. The zero-order chi connectivity index (χ0) is 22.9. The topological polar surface area (TPSA) is 73.9 Å². The van der Waals surface area contributed by atoms with Gasteiger partial charge in [0.05, 0.1) is 19.9 Å². The molecule has 0 aliphatic carbocycles. The number of halogens is 1. The van der Waals surface area contributed by atoms with Gasteiger partial charge in [0, 0.05) is 5.56 Å². The molecule has 32 heavy (non-hydrogen) atoms. The van der Waals surface area contributed by atoms with Crippen molar-refractivity contribution in [2.45, 2.75) is 0 Å². The standard InChI is InChI=1S/C25H22FNO5/c1-30-22-6-4-3-5-20(22)27-25(29)16-32-23-14-8-17(15-24(23)31-2)7-13-21(28)18-9-11-19(26)12-10-18/h3-15H,16H2,1-2H3,(H,27,29)/b13-7+. The van der Waals surface area contributed by atoms with Crippen molar-refractivity contribution < 1.29 is 28.2 Å². The average molecular weight is 435 g/mol. The number of carbonyl (C=O) groups excluding carboxylic acids is 2. The molecule has 1 amide bonds. The van der Waals surface area contributed by atoms with Crippen LogP contribution in [-0.2, 0) is 4.79 Å². The van der Waals surface area contributed by atoms with E-state index in [1.165, 1.54) is 44.6 Å². The fourth-order valence-electron chi connectivity index (χ4n) is 2.87. The van der Waals surface area contributed by atoms with Crippen LogP contribution in [0.1, 0.15) is 15.9 Å². The number of nitrogens with one attached hydrogen (secondary N) is 1. The normalized spacial score (nSPS) is 10.6. The quantitative estimate of drug-likeness (QED) is 0.388. The highest BCUT2D eigenvalue weighted by atomic mass is 19.1. The van der Waals surface area contributed by atoms with Gasteiger partial charge in [-0.15, -0.1) is 0 Å². The van der Waals surface area contributed by atoms with E-state index in [1.54, 1.807) is 48.5 Å². The summed E-state index contributed by atoms with van der Waals surface area (Å²) in [4.78, 5) is 24.5. The molecule has 3 rings (SSSR count). The second-order valence-electron chi connectivity index (χ2n) is 6.65. The fraction of sp³-hybridized carbons (Fsp3) is 0.120. The van der Waals surface area contributed by atoms with Crippen LogP contribution in [0.15, 0.2) is 72.8 Å². The maximum absolute atomic E-state index is 13.0. The van der Waals surface area contributed by atoms with Crippen LogP contribution < -0.4 is 19.5 Å². The van der Waals surface area contributed by atoms with Crippen LogP contribution in [-0.4, -0.2) is 32.5 Å². The Labute approximate surface area is 185 Å². The summed E-state index contributed by atoms with van der Waals surface area (Å²) in [5.74, 6) is 0.325. The predicted molar refractivity (Wildman–Crippen MR) is 120 cm³/mol. The van der Waals surface area contributed by atoms with E-state index in [9.17, 15) is 14.0 Å². The Morgan fingerprint density at radius 1 is 0.906 bits per heavy atom. The van der Waals surface area contributed by atoms with Crippen molar-refractivity contribution in [1.82, 2.24) is 0 Å². The van der Waals surface area contributed by atoms with Crippen molar-refractivity contribution in [3.63, 3.8) is 0 Å². The molecule has 0 aliphatic rings. The minimum Gasteiger partial charge on any atom is -0.495 e. The molecule has 0 atom stereocenters. The maximum atomic E-state index is 13.0. The minimum absolute atomic E-state index is 0.230. The van der Waals surface area contributed by atoms with Crippen molar-refractivity contribution >= 4 is 23.5 Å². The highest BCUT2D eigenvalue weighted by Gasteiger charge is 2.11. The lowest BCUT2D eigenvalue weighted by atomic mass is 10.1. The average Bonchev–Trinajstić information content (AvgIpc) is 2.82. The fourth-order valence-corrected chi connectivity index (χ4v) is 2.87. The monoisotopic (exact) mass is 435 g/mol. The highest BCUT2D eigenvalue weighted by molar-refractivity contribution is 6.06. The molecule has 0 aromatic heterocycles. The summed E-state index contributed by atoms with van der Waals surface area (Å²) >= 11 is 0. The number of ether oxygens (including phenoxy) is 3. The van der Waals surface area contributed by atoms with Gasteiger partial charge in [0.1, 0.15) is 11.6 Å². The smallest absolute Gasteiger partial charge is 0.262 e. The zero-order valence-electron chi connectivity index (χ0n) is 17.6. The molecule has 1 N–H and O–H groups in total. The van der Waals surface area contributed by atoms with Crippen LogP contribution in [0, 0.1) is 5.82 Å². The van der Waals surface area contributed by atoms with Gasteiger partial charge in [-0.05, 0) is 60.2 Å². The molecule has 164 valence electrons. The van der Waals surface area contributed by atoms with E-state index in [1.807, 2.05) is 0 Å². The van der Waals surface area contributed by atoms with E-state index in [-0.39, 0.29) is 18.3 Å². The Kier molecular flexibility index (Phi) is 7.59. The van der Waals surface area contributed by atoms with E-state index >= 15 is 0 Å². The summed E-state index contributed by atoms with van der Waals surface area (Å²) in [6.07, 6.45) is 3.01. The van der Waals surface area contributed by atoms with E-state index in [0.717, 1.165) is 0 Å². The summed E-state index contributed by atoms with van der Waals surface area (Å²) in [6, 6.07) is 17.4. The summed E-state index contributed by atoms with van der Waals surface area (Å²) in [5, 5.41) is 2.73. The Morgan fingerprint density at radius 2 is 1.62 bits per heavy atom. The molecule has 7 heteroatoms. The van der Waals surface area contributed by atoms with Crippen LogP contribution in [0.4, 0.5) is 10.1 Å². The summed E-state index contributed by atoms with van der Waals surface area (Å²) in [5.41, 5.74) is 1.63. The van der Waals surface area contributed by atoms with Gasteiger partial charge >= 0.3 is 0 Å². The SMILES string of the molecule is COc1ccccc1NC(=O)COc1ccc(/C=C/C(=O)c2ccc(F)cc2)cc1OC. The number of methoxy groups -OCH3 is 2. The third kappa shape index (κ3) is 5.95. The van der Waals surface area contributed by atoms with Gasteiger partial charge in [0.25, 0.3) is 5.91 Å². The number of hydrogen-bond acceptors (Lipinski definition) is 5. The third-order valence-electron chi connectivity index (χ3n) is 4.48. The molecule has 0 heterocycles. The molecule has 0 fully saturated rings. The molecule has 0 bridgehead atoms. The molecule has 0 aliphatic heterocycles. The second-order valence-corrected chi connectivity index (χ2v) is 6.65. The van der Waals surface area contributed by atoms with Gasteiger partial charge < -0.3 is 19.5 Å². The van der Waals surface area contributed by atoms with E-state index < -0.39 is 5.82 Å². The van der Waals surface area contributed by atoms with Crippen LogP contribution in [0.2, 0.25) is 0 Å². The first-order chi connectivity index (χ1) is 15.5. The van der Waals surface area contributed by atoms with Crippen molar-refractivity contribution in [2.75, 3.05) is 26.1 Å². The summed E-state index contributed by atoms with van der Waals surface area (Å²) in [6.45, 7) is -0.230. The number of amides is 1. The Morgan fingerprint density at radius 3 is 2.34 bits per heavy atom. The Bertz CT molecular complexity index is 1130. The molecule has 6 nitrogen and oxygen atoms in total.